The van der Waals surface area contributed by atoms with E-state index in [-0.39, 0.29) is 0 Å². The molecule has 0 aromatic carbocycles. The van der Waals surface area contributed by atoms with Crippen LogP contribution in [0.2, 0.25) is 0 Å². The van der Waals surface area contributed by atoms with Crippen molar-refractivity contribution in [3.63, 3.8) is 0 Å². The van der Waals surface area contributed by atoms with Crippen LogP contribution in [-0.2, 0) is 0 Å². The summed E-state index contributed by atoms with van der Waals surface area (Å²) < 4.78 is 0. The van der Waals surface area contributed by atoms with Crippen LogP contribution in [-0.4, -0.2) is 0 Å². The van der Waals surface area contributed by atoms with Crippen LogP contribution in [0.4, 0.5) is 0 Å². The molecule has 0 aliphatic heterocycles. The molecule has 0 nitrogen and oxygen atoms in total. The highest BCUT2D eigenvalue weighted by Crippen LogP contribution is 2.18. The van der Waals surface area contributed by atoms with E-state index in [1.165, 1.54) is 19.3 Å². The van der Waals surface area contributed by atoms with Crippen LogP contribution in [0.25, 0.3) is 0 Å². The Labute approximate surface area is 78.1 Å². The lowest BCUT2D eigenvalue weighted by Gasteiger charge is -2.13. The van der Waals surface area contributed by atoms with E-state index in [2.05, 4.69) is 40.7 Å². The summed E-state index contributed by atoms with van der Waals surface area (Å²) in [6.45, 7) is 11.4. The molecule has 0 bridgehead atoms. The molecule has 0 aliphatic carbocycles. The minimum Gasteiger partial charge on any atom is -0.0825 e. The molecular weight excluding hydrogens is 144 g/mol. The van der Waals surface area contributed by atoms with Gasteiger partial charge in [-0.25, -0.2) is 0 Å². The Balaban J connectivity index is 3.98. The second-order valence-electron chi connectivity index (χ2n) is 4.16. The predicted octanol–water partition coefficient (Wildman–Crippen LogP) is 4.42. The van der Waals surface area contributed by atoms with Crippen molar-refractivity contribution in [2.75, 3.05) is 0 Å². The van der Waals surface area contributed by atoms with Crippen LogP contribution in [0.5, 0.6) is 0 Å². The van der Waals surface area contributed by atoms with Gasteiger partial charge >= 0.3 is 0 Å². The number of hydrogen-bond donors (Lipinski definition) is 0. The summed E-state index contributed by atoms with van der Waals surface area (Å²) in [4.78, 5) is 0. The van der Waals surface area contributed by atoms with E-state index < -0.39 is 0 Å². The van der Waals surface area contributed by atoms with Gasteiger partial charge in [-0.2, -0.15) is 0 Å². The maximum Gasteiger partial charge on any atom is -0.0231 e. The van der Waals surface area contributed by atoms with Gasteiger partial charge in [0.15, 0.2) is 0 Å². The van der Waals surface area contributed by atoms with Gasteiger partial charge in [0.05, 0.1) is 0 Å². The first-order chi connectivity index (χ1) is 5.60. The van der Waals surface area contributed by atoms with E-state index in [4.69, 9.17) is 0 Å². The average Bonchev–Trinajstić information content (AvgIpc) is 2.02. The number of hydrogen-bond acceptors (Lipinski definition) is 0. The van der Waals surface area contributed by atoms with Crippen molar-refractivity contribution in [2.24, 2.45) is 11.8 Å². The van der Waals surface area contributed by atoms with Crippen molar-refractivity contribution < 1.29 is 0 Å². The molecule has 72 valence electrons. The van der Waals surface area contributed by atoms with Crippen LogP contribution in [0.1, 0.15) is 53.9 Å². The molecule has 0 saturated heterocycles. The number of allylic oxidation sites excluding steroid dienone is 2. The third-order valence-electron chi connectivity index (χ3n) is 2.38. The topological polar surface area (TPSA) is 0 Å². The van der Waals surface area contributed by atoms with Crippen molar-refractivity contribution in [2.45, 2.75) is 53.9 Å². The summed E-state index contributed by atoms with van der Waals surface area (Å²) in [6, 6.07) is 0. The highest BCUT2D eigenvalue weighted by Gasteiger charge is 2.05. The highest BCUT2D eigenvalue weighted by atomic mass is 14.1. The van der Waals surface area contributed by atoms with Crippen molar-refractivity contribution in [1.29, 1.82) is 0 Å². The fourth-order valence-corrected chi connectivity index (χ4v) is 1.48. The van der Waals surface area contributed by atoms with Crippen molar-refractivity contribution in [3.05, 3.63) is 11.6 Å². The summed E-state index contributed by atoms with van der Waals surface area (Å²) in [6.07, 6.45) is 6.29. The first kappa shape index (κ1) is 11.7. The van der Waals surface area contributed by atoms with E-state index in [9.17, 15) is 0 Å². The van der Waals surface area contributed by atoms with Crippen LogP contribution < -0.4 is 0 Å². The minimum absolute atomic E-state index is 0.810. The van der Waals surface area contributed by atoms with Crippen molar-refractivity contribution >= 4 is 0 Å². The Morgan fingerprint density at radius 2 is 1.83 bits per heavy atom. The third kappa shape index (κ3) is 5.40. The predicted molar refractivity (Wildman–Crippen MR) is 57.3 cm³/mol. The monoisotopic (exact) mass is 168 g/mol. The van der Waals surface area contributed by atoms with E-state index in [0.717, 1.165) is 11.8 Å². The standard InChI is InChI=1S/C12H24/c1-6-11(5)9-12(7-2)8-10(3)4/h9-10,12H,6-8H2,1-5H3. The molecule has 0 saturated carbocycles. The lowest BCUT2D eigenvalue weighted by Crippen LogP contribution is -2.00. The Morgan fingerprint density at radius 1 is 1.25 bits per heavy atom. The van der Waals surface area contributed by atoms with Gasteiger partial charge in [-0.1, -0.05) is 39.3 Å². The fourth-order valence-electron chi connectivity index (χ4n) is 1.48. The normalized spacial score (nSPS) is 15.3. The first-order valence-corrected chi connectivity index (χ1v) is 5.27. The maximum absolute atomic E-state index is 2.46. The van der Waals surface area contributed by atoms with Gasteiger partial charge in [0.1, 0.15) is 0 Å². The molecule has 1 unspecified atom stereocenters. The molecule has 0 aromatic rings. The van der Waals surface area contributed by atoms with Crippen LogP contribution in [0.15, 0.2) is 11.6 Å². The Morgan fingerprint density at radius 3 is 2.17 bits per heavy atom. The molecule has 0 N–H and O–H groups in total. The van der Waals surface area contributed by atoms with Gasteiger partial charge in [0.25, 0.3) is 0 Å². The lowest BCUT2D eigenvalue weighted by molar-refractivity contribution is 0.463. The smallest absolute Gasteiger partial charge is 0.0231 e. The average molecular weight is 168 g/mol. The van der Waals surface area contributed by atoms with Crippen LogP contribution >= 0.6 is 0 Å². The lowest BCUT2D eigenvalue weighted by atomic mass is 9.93. The Bertz CT molecular complexity index is 131. The minimum atomic E-state index is 0.810. The van der Waals surface area contributed by atoms with E-state index >= 15 is 0 Å². The maximum atomic E-state index is 2.46. The third-order valence-corrected chi connectivity index (χ3v) is 2.38. The molecule has 0 aliphatic rings. The molecule has 0 spiro atoms. The van der Waals surface area contributed by atoms with Gasteiger partial charge in [-0.15, -0.1) is 0 Å². The SMILES string of the molecule is CCC(C)=CC(CC)CC(C)C. The van der Waals surface area contributed by atoms with E-state index in [1.807, 2.05) is 0 Å². The van der Waals surface area contributed by atoms with Crippen LogP contribution in [0.3, 0.4) is 0 Å². The zero-order valence-electron chi connectivity index (χ0n) is 9.35. The van der Waals surface area contributed by atoms with Gasteiger partial charge < -0.3 is 0 Å². The molecule has 0 rings (SSSR count). The van der Waals surface area contributed by atoms with Gasteiger partial charge in [-0.3, -0.25) is 0 Å². The highest BCUT2D eigenvalue weighted by molar-refractivity contribution is 5.00. The second kappa shape index (κ2) is 6.28. The molecule has 0 aromatic heterocycles. The van der Waals surface area contributed by atoms with E-state index in [1.54, 1.807) is 5.57 Å². The number of rotatable bonds is 5. The molecule has 0 amide bonds. The molecule has 1 atom stereocenters. The van der Waals surface area contributed by atoms with Crippen LogP contribution in [0, 0.1) is 11.8 Å². The summed E-state index contributed by atoms with van der Waals surface area (Å²) in [5, 5.41) is 0. The summed E-state index contributed by atoms with van der Waals surface area (Å²) >= 11 is 0. The summed E-state index contributed by atoms with van der Waals surface area (Å²) in [7, 11) is 0. The molecule has 0 heterocycles. The van der Waals surface area contributed by atoms with Gasteiger partial charge in [-0.05, 0) is 38.0 Å². The zero-order chi connectivity index (χ0) is 9.56. The largest absolute Gasteiger partial charge is 0.0825 e. The summed E-state index contributed by atoms with van der Waals surface area (Å²) in [5.41, 5.74) is 1.54. The van der Waals surface area contributed by atoms with Crippen molar-refractivity contribution in [1.82, 2.24) is 0 Å². The second-order valence-corrected chi connectivity index (χ2v) is 4.16. The molecule has 0 radical (unpaired) electrons. The van der Waals surface area contributed by atoms with Crippen molar-refractivity contribution in [3.8, 4) is 0 Å². The Kier molecular flexibility index (Phi) is 6.14. The quantitative estimate of drug-likeness (QED) is 0.533. The zero-order valence-corrected chi connectivity index (χ0v) is 9.35. The van der Waals surface area contributed by atoms with Gasteiger partial charge in [0, 0.05) is 0 Å². The molecule has 0 heteroatoms. The first-order valence-electron chi connectivity index (χ1n) is 5.27. The fraction of sp³-hybridized carbons (Fsp3) is 0.833. The van der Waals surface area contributed by atoms with Gasteiger partial charge in [0.2, 0.25) is 0 Å². The molecule has 12 heavy (non-hydrogen) atoms. The van der Waals surface area contributed by atoms with E-state index in [0.29, 0.717) is 0 Å². The summed E-state index contributed by atoms with van der Waals surface area (Å²) in [5.74, 6) is 1.64. The molecule has 0 fully saturated rings. The molecular formula is C12H24. The Hall–Kier alpha value is -0.260.